The molecule has 0 saturated carbocycles. The molecule has 0 heterocycles. The van der Waals surface area contributed by atoms with E-state index in [4.69, 9.17) is 4.74 Å². The average Bonchev–Trinajstić information content (AvgIpc) is 2.34. The van der Waals surface area contributed by atoms with Crippen LogP contribution in [0.2, 0.25) is 0 Å². The van der Waals surface area contributed by atoms with Crippen molar-refractivity contribution < 1.29 is 22.7 Å². The first kappa shape index (κ1) is 15.7. The summed E-state index contributed by atoms with van der Waals surface area (Å²) in [5, 5.41) is 0. The molecule has 0 fully saturated rings. The number of carbonyl (C=O) groups excluding carboxylic acids is 1. The topological polar surface area (TPSA) is 26.3 Å². The molecule has 0 bridgehead atoms. The summed E-state index contributed by atoms with van der Waals surface area (Å²) in [6.45, 7) is 2.97. The quantitative estimate of drug-likeness (QED) is 0.710. The van der Waals surface area contributed by atoms with Gasteiger partial charge in [0.2, 0.25) is 0 Å². The molecule has 0 N–H and O–H groups in total. The van der Waals surface area contributed by atoms with Crippen LogP contribution in [0.15, 0.2) is 24.3 Å². The van der Waals surface area contributed by atoms with Crippen LogP contribution in [0.3, 0.4) is 0 Å². The van der Waals surface area contributed by atoms with Gasteiger partial charge in [0.25, 0.3) is 0 Å². The summed E-state index contributed by atoms with van der Waals surface area (Å²) in [6.07, 6.45) is -3.40. The van der Waals surface area contributed by atoms with E-state index in [1.807, 2.05) is 6.92 Å². The van der Waals surface area contributed by atoms with Crippen molar-refractivity contribution in [1.82, 2.24) is 0 Å². The third-order valence-corrected chi connectivity index (χ3v) is 2.60. The number of halogens is 3. The fourth-order valence-corrected chi connectivity index (χ4v) is 1.69. The highest BCUT2D eigenvalue weighted by Crippen LogP contribution is 2.29. The Morgan fingerprint density at radius 1 is 1.32 bits per heavy atom. The number of carbonyl (C=O) groups is 1. The van der Waals surface area contributed by atoms with Gasteiger partial charge in [-0.3, -0.25) is 4.79 Å². The maximum absolute atomic E-state index is 12.5. The molecule has 0 radical (unpaired) electrons. The fraction of sp³-hybridized carbons (Fsp3) is 0.500. The Bertz CT molecular complexity index is 413. The summed E-state index contributed by atoms with van der Waals surface area (Å²) < 4.78 is 42.6. The number of ether oxygens (including phenoxy) is 1. The molecule has 5 heteroatoms. The molecule has 0 atom stereocenters. The van der Waals surface area contributed by atoms with Gasteiger partial charge in [0.1, 0.15) is 5.78 Å². The van der Waals surface area contributed by atoms with E-state index in [-0.39, 0.29) is 12.2 Å². The first-order valence-corrected chi connectivity index (χ1v) is 6.19. The largest absolute Gasteiger partial charge is 0.416 e. The number of rotatable bonds is 7. The third-order valence-electron chi connectivity index (χ3n) is 2.60. The maximum Gasteiger partial charge on any atom is 0.416 e. The van der Waals surface area contributed by atoms with Gasteiger partial charge in [-0.15, -0.1) is 0 Å². The summed E-state index contributed by atoms with van der Waals surface area (Å²) in [5.74, 6) is -0.0703. The molecule has 0 aliphatic carbocycles. The number of ketones is 1. The van der Waals surface area contributed by atoms with Gasteiger partial charge in [0.15, 0.2) is 0 Å². The lowest BCUT2D eigenvalue weighted by Crippen LogP contribution is -2.08. The average molecular weight is 274 g/mol. The standard InChI is InChI=1S/C14H17F3O2/c1-2-19-8-4-7-13(18)10-11-5-3-6-12(9-11)14(15,16)17/h3,5-6,9H,2,4,7-8,10H2,1H3. The van der Waals surface area contributed by atoms with Gasteiger partial charge in [-0.05, 0) is 25.0 Å². The van der Waals surface area contributed by atoms with Crippen LogP contribution in [0.4, 0.5) is 13.2 Å². The number of hydrogen-bond donors (Lipinski definition) is 0. The molecular formula is C14H17F3O2. The predicted molar refractivity (Wildman–Crippen MR) is 65.9 cm³/mol. The van der Waals surface area contributed by atoms with E-state index in [1.165, 1.54) is 12.1 Å². The highest BCUT2D eigenvalue weighted by Gasteiger charge is 2.30. The molecule has 19 heavy (non-hydrogen) atoms. The summed E-state index contributed by atoms with van der Waals surface area (Å²) >= 11 is 0. The van der Waals surface area contributed by atoms with E-state index in [2.05, 4.69) is 0 Å². The molecular weight excluding hydrogens is 257 g/mol. The molecule has 1 aromatic carbocycles. The lowest BCUT2D eigenvalue weighted by Gasteiger charge is -2.08. The van der Waals surface area contributed by atoms with Crippen molar-refractivity contribution in [2.75, 3.05) is 13.2 Å². The van der Waals surface area contributed by atoms with Gasteiger partial charge < -0.3 is 4.74 Å². The minimum atomic E-state index is -4.37. The Morgan fingerprint density at radius 3 is 2.68 bits per heavy atom. The molecule has 0 saturated heterocycles. The summed E-state index contributed by atoms with van der Waals surface area (Å²) in [5.41, 5.74) is -0.316. The fourth-order valence-electron chi connectivity index (χ4n) is 1.69. The molecule has 0 aliphatic rings. The Labute approximate surface area is 110 Å². The van der Waals surface area contributed by atoms with Crippen LogP contribution in [0.1, 0.15) is 30.9 Å². The Balaban J connectivity index is 2.50. The predicted octanol–water partition coefficient (Wildman–Crippen LogP) is 3.63. The first-order valence-electron chi connectivity index (χ1n) is 6.19. The van der Waals surface area contributed by atoms with Crippen LogP contribution in [0.5, 0.6) is 0 Å². The van der Waals surface area contributed by atoms with Gasteiger partial charge in [-0.25, -0.2) is 0 Å². The zero-order chi connectivity index (χ0) is 14.3. The lowest BCUT2D eigenvalue weighted by molar-refractivity contribution is -0.137. The summed E-state index contributed by atoms with van der Waals surface area (Å²) in [4.78, 5) is 11.6. The molecule has 106 valence electrons. The number of hydrogen-bond acceptors (Lipinski definition) is 2. The SMILES string of the molecule is CCOCCCC(=O)Cc1cccc(C(F)(F)F)c1. The van der Waals surface area contributed by atoms with Crippen molar-refractivity contribution >= 4 is 5.78 Å². The number of Topliss-reactive ketones (excluding diaryl/α,β-unsaturated/α-hetero) is 1. The van der Waals surface area contributed by atoms with Crippen molar-refractivity contribution in [2.45, 2.75) is 32.4 Å². The lowest BCUT2D eigenvalue weighted by atomic mass is 10.0. The van der Waals surface area contributed by atoms with E-state index >= 15 is 0 Å². The highest BCUT2D eigenvalue weighted by molar-refractivity contribution is 5.80. The third kappa shape index (κ3) is 5.87. The van der Waals surface area contributed by atoms with Crippen LogP contribution >= 0.6 is 0 Å². The van der Waals surface area contributed by atoms with E-state index in [1.54, 1.807) is 0 Å². The van der Waals surface area contributed by atoms with E-state index in [0.29, 0.717) is 31.6 Å². The molecule has 0 aliphatic heterocycles. The normalized spacial score (nSPS) is 11.6. The number of alkyl halides is 3. The Morgan fingerprint density at radius 2 is 2.05 bits per heavy atom. The van der Waals surface area contributed by atoms with Crippen molar-refractivity contribution in [3.63, 3.8) is 0 Å². The van der Waals surface area contributed by atoms with Gasteiger partial charge in [0.05, 0.1) is 5.56 Å². The molecule has 0 spiro atoms. The summed E-state index contributed by atoms with van der Waals surface area (Å²) in [7, 11) is 0. The molecule has 0 aromatic heterocycles. The highest BCUT2D eigenvalue weighted by atomic mass is 19.4. The second-order valence-corrected chi connectivity index (χ2v) is 4.21. The molecule has 2 nitrogen and oxygen atoms in total. The second kappa shape index (κ2) is 7.28. The van der Waals surface area contributed by atoms with Crippen LogP contribution in [-0.2, 0) is 22.1 Å². The maximum atomic E-state index is 12.5. The Hall–Kier alpha value is -1.36. The van der Waals surface area contributed by atoms with Crippen molar-refractivity contribution in [3.05, 3.63) is 35.4 Å². The second-order valence-electron chi connectivity index (χ2n) is 4.21. The van der Waals surface area contributed by atoms with E-state index in [0.717, 1.165) is 12.1 Å². The smallest absolute Gasteiger partial charge is 0.382 e. The molecule has 1 aromatic rings. The van der Waals surface area contributed by atoms with Crippen LogP contribution < -0.4 is 0 Å². The Kier molecular flexibility index (Phi) is 6.02. The molecule has 0 unspecified atom stereocenters. The molecule has 1 rings (SSSR count). The zero-order valence-electron chi connectivity index (χ0n) is 10.8. The van der Waals surface area contributed by atoms with E-state index < -0.39 is 11.7 Å². The van der Waals surface area contributed by atoms with Gasteiger partial charge >= 0.3 is 6.18 Å². The van der Waals surface area contributed by atoms with Crippen LogP contribution in [-0.4, -0.2) is 19.0 Å². The van der Waals surface area contributed by atoms with Gasteiger partial charge in [-0.2, -0.15) is 13.2 Å². The minimum absolute atomic E-state index is 0.0377. The zero-order valence-corrected chi connectivity index (χ0v) is 10.8. The number of benzene rings is 1. The molecule has 0 amide bonds. The van der Waals surface area contributed by atoms with Crippen molar-refractivity contribution in [1.29, 1.82) is 0 Å². The van der Waals surface area contributed by atoms with Gasteiger partial charge in [0, 0.05) is 26.1 Å². The monoisotopic (exact) mass is 274 g/mol. The van der Waals surface area contributed by atoms with E-state index in [9.17, 15) is 18.0 Å². The minimum Gasteiger partial charge on any atom is -0.382 e. The first-order chi connectivity index (χ1) is 8.93. The van der Waals surface area contributed by atoms with Crippen LogP contribution in [0, 0.1) is 0 Å². The summed E-state index contributed by atoms with van der Waals surface area (Å²) in [6, 6.07) is 4.89. The van der Waals surface area contributed by atoms with Gasteiger partial charge in [-0.1, -0.05) is 18.2 Å². The van der Waals surface area contributed by atoms with Crippen molar-refractivity contribution in [2.24, 2.45) is 0 Å². The van der Waals surface area contributed by atoms with Crippen molar-refractivity contribution in [3.8, 4) is 0 Å². The van der Waals surface area contributed by atoms with Crippen LogP contribution in [0.25, 0.3) is 0 Å².